The molecule has 3 aromatic carbocycles. The standard InChI is InChI=1S/C26H28N2O3S/c1-19-16-20(2)18-23(17-19)27-26(29)14-11-21-9-12-24(13-10-21)32(30,31)28-15-5-7-22-6-3-4-8-25(22)28/h3-4,6,8-10,12-13,16-18H,5,7,11,14-15H2,1-2H3,(H,27,29). The third kappa shape index (κ3) is 4.86. The van der Waals surface area contributed by atoms with Crippen LogP contribution < -0.4 is 9.62 Å². The molecule has 6 heteroatoms. The zero-order valence-electron chi connectivity index (χ0n) is 18.5. The molecule has 5 nitrogen and oxygen atoms in total. The SMILES string of the molecule is Cc1cc(C)cc(NC(=O)CCc2ccc(S(=O)(=O)N3CCCc4ccccc43)cc2)c1. The maximum Gasteiger partial charge on any atom is 0.264 e. The molecule has 1 amide bonds. The minimum Gasteiger partial charge on any atom is -0.326 e. The molecule has 1 heterocycles. The highest BCUT2D eigenvalue weighted by Gasteiger charge is 2.28. The van der Waals surface area contributed by atoms with Gasteiger partial charge in [0.1, 0.15) is 0 Å². The van der Waals surface area contributed by atoms with Crippen molar-refractivity contribution in [3.05, 3.63) is 89.0 Å². The fourth-order valence-corrected chi connectivity index (χ4v) is 5.77. The molecule has 0 spiro atoms. The molecule has 0 aliphatic carbocycles. The molecule has 4 rings (SSSR count). The first-order chi connectivity index (χ1) is 15.3. The molecule has 1 aliphatic heterocycles. The summed E-state index contributed by atoms with van der Waals surface area (Å²) < 4.78 is 28.0. The van der Waals surface area contributed by atoms with Crippen LogP contribution in [0.25, 0.3) is 0 Å². The van der Waals surface area contributed by atoms with E-state index in [0.717, 1.165) is 46.5 Å². The minimum atomic E-state index is -3.62. The lowest BCUT2D eigenvalue weighted by molar-refractivity contribution is -0.116. The van der Waals surface area contributed by atoms with Gasteiger partial charge in [-0.3, -0.25) is 9.10 Å². The molecule has 0 unspecified atom stereocenters. The van der Waals surface area contributed by atoms with Gasteiger partial charge in [0.15, 0.2) is 0 Å². The summed E-state index contributed by atoms with van der Waals surface area (Å²) in [7, 11) is -3.62. The van der Waals surface area contributed by atoms with E-state index in [1.54, 1.807) is 24.3 Å². The summed E-state index contributed by atoms with van der Waals surface area (Å²) in [6.45, 7) is 4.49. The average molecular weight is 449 g/mol. The van der Waals surface area contributed by atoms with Gasteiger partial charge in [-0.05, 0) is 85.7 Å². The molecule has 0 fully saturated rings. The van der Waals surface area contributed by atoms with Gasteiger partial charge >= 0.3 is 0 Å². The molecule has 0 atom stereocenters. The fourth-order valence-electron chi connectivity index (χ4n) is 4.23. The maximum absolute atomic E-state index is 13.2. The van der Waals surface area contributed by atoms with Crippen molar-refractivity contribution in [2.24, 2.45) is 0 Å². The van der Waals surface area contributed by atoms with Gasteiger partial charge in [-0.25, -0.2) is 8.42 Å². The number of para-hydroxylation sites is 1. The van der Waals surface area contributed by atoms with Gasteiger partial charge in [-0.15, -0.1) is 0 Å². The van der Waals surface area contributed by atoms with Crippen LogP contribution in [0.1, 0.15) is 35.1 Å². The molecule has 1 N–H and O–H groups in total. The van der Waals surface area contributed by atoms with Crippen LogP contribution in [0, 0.1) is 13.8 Å². The Balaban J connectivity index is 1.41. The molecule has 0 bridgehead atoms. The Labute approximate surface area is 190 Å². The summed E-state index contributed by atoms with van der Waals surface area (Å²) in [4.78, 5) is 12.6. The Morgan fingerprint density at radius 2 is 1.66 bits per heavy atom. The highest BCUT2D eigenvalue weighted by atomic mass is 32.2. The topological polar surface area (TPSA) is 66.5 Å². The smallest absolute Gasteiger partial charge is 0.264 e. The zero-order chi connectivity index (χ0) is 22.7. The number of hydrogen-bond donors (Lipinski definition) is 1. The van der Waals surface area contributed by atoms with Gasteiger partial charge < -0.3 is 5.32 Å². The van der Waals surface area contributed by atoms with Crippen LogP contribution in [0.5, 0.6) is 0 Å². The first kappa shape index (κ1) is 22.1. The maximum atomic E-state index is 13.2. The zero-order valence-corrected chi connectivity index (χ0v) is 19.3. The lowest BCUT2D eigenvalue weighted by Crippen LogP contribution is -2.35. The molecule has 32 heavy (non-hydrogen) atoms. The number of fused-ring (bicyclic) bond motifs is 1. The van der Waals surface area contributed by atoms with Crippen LogP contribution in [0.4, 0.5) is 11.4 Å². The Morgan fingerprint density at radius 3 is 2.38 bits per heavy atom. The first-order valence-corrected chi connectivity index (χ1v) is 12.3. The molecule has 166 valence electrons. The molecule has 0 saturated heterocycles. The van der Waals surface area contributed by atoms with Crippen LogP contribution >= 0.6 is 0 Å². The van der Waals surface area contributed by atoms with E-state index in [9.17, 15) is 13.2 Å². The predicted octanol–water partition coefficient (Wildman–Crippen LogP) is 5.02. The van der Waals surface area contributed by atoms with Crippen LogP contribution in [0.2, 0.25) is 0 Å². The third-order valence-electron chi connectivity index (χ3n) is 5.73. The van der Waals surface area contributed by atoms with Crippen LogP contribution in [0.3, 0.4) is 0 Å². The summed E-state index contributed by atoms with van der Waals surface area (Å²) in [6.07, 6.45) is 2.58. The predicted molar refractivity (Wildman–Crippen MR) is 129 cm³/mol. The summed E-state index contributed by atoms with van der Waals surface area (Å²) in [5.41, 5.74) is 5.77. The monoisotopic (exact) mass is 448 g/mol. The number of rotatable bonds is 6. The van der Waals surface area contributed by atoms with Gasteiger partial charge in [-0.2, -0.15) is 0 Å². The molecular formula is C26H28N2O3S. The van der Waals surface area contributed by atoms with E-state index in [-0.39, 0.29) is 10.8 Å². The summed E-state index contributed by atoms with van der Waals surface area (Å²) in [5, 5.41) is 2.94. The van der Waals surface area contributed by atoms with Crippen molar-refractivity contribution in [1.29, 1.82) is 0 Å². The second-order valence-corrected chi connectivity index (χ2v) is 10.2. The summed E-state index contributed by atoms with van der Waals surface area (Å²) >= 11 is 0. The molecule has 0 aromatic heterocycles. The second-order valence-electron chi connectivity index (χ2n) is 8.38. The lowest BCUT2D eigenvalue weighted by atomic mass is 10.0. The van der Waals surface area contributed by atoms with E-state index < -0.39 is 10.0 Å². The average Bonchev–Trinajstić information content (AvgIpc) is 2.77. The van der Waals surface area contributed by atoms with Gasteiger partial charge in [0, 0.05) is 18.7 Å². The largest absolute Gasteiger partial charge is 0.326 e. The van der Waals surface area contributed by atoms with Crippen molar-refractivity contribution in [2.45, 2.75) is 44.4 Å². The molecular weight excluding hydrogens is 420 g/mol. The highest BCUT2D eigenvalue weighted by molar-refractivity contribution is 7.92. The van der Waals surface area contributed by atoms with E-state index in [1.165, 1.54) is 4.31 Å². The number of carbonyl (C=O) groups is 1. The van der Waals surface area contributed by atoms with Gasteiger partial charge in [0.05, 0.1) is 10.6 Å². The number of carbonyl (C=O) groups excluding carboxylic acids is 1. The van der Waals surface area contributed by atoms with Crippen molar-refractivity contribution in [2.75, 3.05) is 16.2 Å². The first-order valence-electron chi connectivity index (χ1n) is 10.9. The molecule has 1 aliphatic rings. The Morgan fingerprint density at radius 1 is 0.969 bits per heavy atom. The second kappa shape index (κ2) is 9.17. The summed E-state index contributed by atoms with van der Waals surface area (Å²) in [6, 6.07) is 20.5. The number of nitrogens with zero attached hydrogens (tertiary/aromatic N) is 1. The van der Waals surface area contributed by atoms with Crippen LogP contribution in [-0.2, 0) is 27.7 Å². The molecule has 3 aromatic rings. The lowest BCUT2D eigenvalue weighted by Gasteiger charge is -2.30. The Bertz CT molecular complexity index is 1210. The number of aryl methyl sites for hydroxylation is 4. The summed E-state index contributed by atoms with van der Waals surface area (Å²) in [5.74, 6) is -0.0587. The normalized spacial score (nSPS) is 13.5. The van der Waals surface area contributed by atoms with Crippen molar-refractivity contribution in [3.63, 3.8) is 0 Å². The van der Waals surface area contributed by atoms with Crippen molar-refractivity contribution < 1.29 is 13.2 Å². The van der Waals surface area contributed by atoms with Crippen LogP contribution in [0.15, 0.2) is 71.6 Å². The highest BCUT2D eigenvalue weighted by Crippen LogP contribution is 2.31. The van der Waals surface area contributed by atoms with Crippen molar-refractivity contribution in [1.82, 2.24) is 0 Å². The fraction of sp³-hybridized carbons (Fsp3) is 0.269. The van der Waals surface area contributed by atoms with Crippen molar-refractivity contribution >= 4 is 27.3 Å². The van der Waals surface area contributed by atoms with Gasteiger partial charge in [-0.1, -0.05) is 36.4 Å². The third-order valence-corrected chi connectivity index (χ3v) is 7.55. The number of hydrogen-bond acceptors (Lipinski definition) is 3. The quantitative estimate of drug-likeness (QED) is 0.576. The molecule has 0 saturated carbocycles. The van der Waals surface area contributed by atoms with Gasteiger partial charge in [0.2, 0.25) is 5.91 Å². The number of benzene rings is 3. The van der Waals surface area contributed by atoms with Gasteiger partial charge in [0.25, 0.3) is 10.0 Å². The molecule has 0 radical (unpaired) electrons. The Kier molecular flexibility index (Phi) is 6.33. The van der Waals surface area contributed by atoms with E-state index in [4.69, 9.17) is 0 Å². The Hall–Kier alpha value is -3.12. The van der Waals surface area contributed by atoms with E-state index in [1.807, 2.05) is 50.2 Å². The van der Waals surface area contributed by atoms with Crippen LogP contribution in [-0.4, -0.2) is 20.9 Å². The minimum absolute atomic E-state index is 0.0587. The number of amides is 1. The number of sulfonamides is 1. The van der Waals surface area contributed by atoms with E-state index in [0.29, 0.717) is 19.4 Å². The van der Waals surface area contributed by atoms with E-state index in [2.05, 4.69) is 11.4 Å². The van der Waals surface area contributed by atoms with Crippen molar-refractivity contribution in [3.8, 4) is 0 Å². The number of anilines is 2. The van der Waals surface area contributed by atoms with E-state index >= 15 is 0 Å². The number of nitrogens with one attached hydrogen (secondary N) is 1.